The van der Waals surface area contributed by atoms with Gasteiger partial charge in [0.05, 0.1) is 21.5 Å². The van der Waals surface area contributed by atoms with Gasteiger partial charge in [-0.2, -0.15) is 5.26 Å². The SMILES string of the molecule is N#CC1(c2ccc(Cl)c(Cl)c2)CCOCC1. The highest BCUT2D eigenvalue weighted by Gasteiger charge is 2.34. The Bertz CT molecular complexity index is 433. The molecule has 1 aromatic rings. The van der Waals surface area contributed by atoms with Crippen molar-refractivity contribution >= 4 is 23.2 Å². The van der Waals surface area contributed by atoms with Gasteiger partial charge in [0.2, 0.25) is 0 Å². The van der Waals surface area contributed by atoms with Gasteiger partial charge in [0.15, 0.2) is 0 Å². The van der Waals surface area contributed by atoms with Crippen LogP contribution in [0, 0.1) is 11.3 Å². The topological polar surface area (TPSA) is 33.0 Å². The molecule has 1 aliphatic rings. The minimum absolute atomic E-state index is 0.466. The van der Waals surface area contributed by atoms with E-state index in [1.807, 2.05) is 6.07 Å². The van der Waals surface area contributed by atoms with Crippen LogP contribution in [0.2, 0.25) is 10.0 Å². The molecule has 1 heterocycles. The van der Waals surface area contributed by atoms with Gasteiger partial charge in [0.25, 0.3) is 0 Å². The summed E-state index contributed by atoms with van der Waals surface area (Å²) in [6.45, 7) is 1.24. The maximum absolute atomic E-state index is 9.37. The van der Waals surface area contributed by atoms with Gasteiger partial charge in [-0.15, -0.1) is 0 Å². The van der Waals surface area contributed by atoms with Crippen molar-refractivity contribution < 1.29 is 4.74 Å². The number of hydrogen-bond acceptors (Lipinski definition) is 2. The molecule has 0 unspecified atom stereocenters. The predicted molar refractivity (Wildman–Crippen MR) is 63.8 cm³/mol. The monoisotopic (exact) mass is 255 g/mol. The average molecular weight is 256 g/mol. The lowest BCUT2D eigenvalue weighted by molar-refractivity contribution is 0.0675. The van der Waals surface area contributed by atoms with Gasteiger partial charge in [-0.1, -0.05) is 29.3 Å². The van der Waals surface area contributed by atoms with E-state index in [-0.39, 0.29) is 0 Å². The Kier molecular flexibility index (Phi) is 3.39. The van der Waals surface area contributed by atoms with Crippen LogP contribution in [0.5, 0.6) is 0 Å². The second kappa shape index (κ2) is 4.63. The van der Waals surface area contributed by atoms with Gasteiger partial charge in [0.1, 0.15) is 0 Å². The fraction of sp³-hybridized carbons (Fsp3) is 0.417. The maximum Gasteiger partial charge on any atom is 0.0866 e. The van der Waals surface area contributed by atoms with Crippen LogP contribution in [0.4, 0.5) is 0 Å². The van der Waals surface area contributed by atoms with Gasteiger partial charge in [-0.3, -0.25) is 0 Å². The van der Waals surface area contributed by atoms with Crippen molar-refractivity contribution in [2.75, 3.05) is 13.2 Å². The molecule has 0 aromatic heterocycles. The molecule has 0 atom stereocenters. The van der Waals surface area contributed by atoms with Gasteiger partial charge < -0.3 is 4.74 Å². The van der Waals surface area contributed by atoms with E-state index in [4.69, 9.17) is 27.9 Å². The zero-order chi connectivity index (χ0) is 11.6. The highest BCUT2D eigenvalue weighted by Crippen LogP contribution is 2.36. The zero-order valence-electron chi connectivity index (χ0n) is 8.67. The van der Waals surface area contributed by atoms with Crippen LogP contribution >= 0.6 is 23.2 Å². The summed E-state index contributed by atoms with van der Waals surface area (Å²) in [5, 5.41) is 10.4. The Morgan fingerprint density at radius 2 is 1.88 bits per heavy atom. The Hall–Kier alpha value is -0.750. The lowest BCUT2D eigenvalue weighted by Crippen LogP contribution is -2.32. The van der Waals surface area contributed by atoms with Crippen molar-refractivity contribution in [1.29, 1.82) is 5.26 Å². The number of halogens is 2. The molecule has 2 rings (SSSR count). The number of ether oxygens (including phenoxy) is 1. The van der Waals surface area contributed by atoms with Crippen molar-refractivity contribution in [2.24, 2.45) is 0 Å². The average Bonchev–Trinajstić information content (AvgIpc) is 2.33. The van der Waals surface area contributed by atoms with E-state index < -0.39 is 5.41 Å². The fourth-order valence-corrected chi connectivity index (χ4v) is 2.28. The van der Waals surface area contributed by atoms with E-state index in [9.17, 15) is 5.26 Å². The van der Waals surface area contributed by atoms with Crippen LogP contribution in [-0.2, 0) is 10.2 Å². The third kappa shape index (κ3) is 2.04. The van der Waals surface area contributed by atoms with Crippen LogP contribution in [0.25, 0.3) is 0 Å². The Morgan fingerprint density at radius 1 is 1.19 bits per heavy atom. The molecule has 1 aliphatic heterocycles. The fourth-order valence-electron chi connectivity index (χ4n) is 1.98. The van der Waals surface area contributed by atoms with Crippen molar-refractivity contribution in [1.82, 2.24) is 0 Å². The second-order valence-corrected chi connectivity index (χ2v) is 4.75. The first-order valence-corrected chi connectivity index (χ1v) is 5.88. The molecule has 1 fully saturated rings. The molecule has 4 heteroatoms. The van der Waals surface area contributed by atoms with Crippen molar-refractivity contribution in [3.05, 3.63) is 33.8 Å². The van der Waals surface area contributed by atoms with Crippen molar-refractivity contribution in [3.63, 3.8) is 0 Å². The molecule has 1 aromatic carbocycles. The van der Waals surface area contributed by atoms with E-state index in [1.54, 1.807) is 12.1 Å². The van der Waals surface area contributed by atoms with Crippen LogP contribution in [0.1, 0.15) is 18.4 Å². The molecule has 0 saturated carbocycles. The first-order chi connectivity index (χ1) is 7.68. The smallest absolute Gasteiger partial charge is 0.0866 e. The summed E-state index contributed by atoms with van der Waals surface area (Å²) in [6.07, 6.45) is 1.42. The predicted octanol–water partition coefficient (Wildman–Crippen LogP) is 3.57. The summed E-state index contributed by atoms with van der Waals surface area (Å²) in [6, 6.07) is 7.81. The molecule has 2 nitrogen and oxygen atoms in total. The molecular weight excluding hydrogens is 245 g/mol. The summed E-state index contributed by atoms with van der Waals surface area (Å²) in [4.78, 5) is 0. The zero-order valence-corrected chi connectivity index (χ0v) is 10.2. The van der Waals surface area contributed by atoms with Crippen LogP contribution < -0.4 is 0 Å². The van der Waals surface area contributed by atoms with E-state index >= 15 is 0 Å². The van der Waals surface area contributed by atoms with Gasteiger partial charge in [0, 0.05) is 13.2 Å². The van der Waals surface area contributed by atoms with E-state index in [0.29, 0.717) is 36.1 Å². The summed E-state index contributed by atoms with van der Waals surface area (Å²) >= 11 is 11.8. The first-order valence-electron chi connectivity index (χ1n) is 5.12. The summed E-state index contributed by atoms with van der Waals surface area (Å²) in [7, 11) is 0. The number of rotatable bonds is 1. The molecule has 16 heavy (non-hydrogen) atoms. The number of hydrogen-bond donors (Lipinski definition) is 0. The molecule has 0 radical (unpaired) electrons. The minimum Gasteiger partial charge on any atom is -0.381 e. The quantitative estimate of drug-likeness (QED) is 0.769. The van der Waals surface area contributed by atoms with Gasteiger partial charge >= 0.3 is 0 Å². The maximum atomic E-state index is 9.37. The normalized spacial score (nSPS) is 19.1. The van der Waals surface area contributed by atoms with Crippen LogP contribution in [-0.4, -0.2) is 13.2 Å². The minimum atomic E-state index is -0.466. The third-order valence-corrected chi connectivity index (χ3v) is 3.77. The number of nitriles is 1. The summed E-state index contributed by atoms with van der Waals surface area (Å²) in [5.74, 6) is 0. The van der Waals surface area contributed by atoms with Gasteiger partial charge in [-0.25, -0.2) is 0 Å². The van der Waals surface area contributed by atoms with Crippen molar-refractivity contribution in [3.8, 4) is 6.07 Å². The molecule has 0 bridgehead atoms. The Balaban J connectivity index is 2.40. The molecule has 84 valence electrons. The molecule has 0 N–H and O–H groups in total. The highest BCUT2D eigenvalue weighted by atomic mass is 35.5. The Morgan fingerprint density at radius 3 is 2.44 bits per heavy atom. The molecule has 0 aliphatic carbocycles. The van der Waals surface area contributed by atoms with E-state index in [1.165, 1.54) is 0 Å². The summed E-state index contributed by atoms with van der Waals surface area (Å²) < 4.78 is 5.29. The van der Waals surface area contributed by atoms with E-state index in [0.717, 1.165) is 5.56 Å². The first kappa shape index (κ1) is 11.7. The van der Waals surface area contributed by atoms with Gasteiger partial charge in [-0.05, 0) is 30.5 Å². The Labute approximate surface area is 105 Å². The lowest BCUT2D eigenvalue weighted by atomic mass is 9.75. The molecule has 0 amide bonds. The largest absolute Gasteiger partial charge is 0.381 e. The number of nitrogens with zero attached hydrogens (tertiary/aromatic N) is 1. The van der Waals surface area contributed by atoms with Crippen molar-refractivity contribution in [2.45, 2.75) is 18.3 Å². The lowest BCUT2D eigenvalue weighted by Gasteiger charge is -2.31. The van der Waals surface area contributed by atoms with E-state index in [2.05, 4.69) is 6.07 Å². The molecule has 0 spiro atoms. The molecular formula is C12H11Cl2NO. The second-order valence-electron chi connectivity index (χ2n) is 3.94. The molecule has 1 saturated heterocycles. The number of benzene rings is 1. The van der Waals surface area contributed by atoms with Crippen LogP contribution in [0.15, 0.2) is 18.2 Å². The third-order valence-electron chi connectivity index (χ3n) is 3.03. The standard InChI is InChI=1S/C12H11Cl2NO/c13-10-2-1-9(7-11(10)14)12(8-15)3-5-16-6-4-12/h1-2,7H,3-6H2. The van der Waals surface area contributed by atoms with Crippen LogP contribution in [0.3, 0.4) is 0 Å². The highest BCUT2D eigenvalue weighted by molar-refractivity contribution is 6.42. The summed E-state index contributed by atoms with van der Waals surface area (Å²) in [5.41, 5.74) is 0.472.